The summed E-state index contributed by atoms with van der Waals surface area (Å²) >= 11 is 0. The molecule has 14 heavy (non-hydrogen) atoms. The topological polar surface area (TPSA) is 26.3 Å². The first-order valence-corrected chi connectivity index (χ1v) is 4.92. The van der Waals surface area contributed by atoms with E-state index in [1.54, 1.807) is 6.92 Å². The maximum atomic E-state index is 11.0. The minimum atomic E-state index is 0.182. The van der Waals surface area contributed by atoms with Gasteiger partial charge in [0.2, 0.25) is 0 Å². The quantitative estimate of drug-likeness (QED) is 0.715. The van der Waals surface area contributed by atoms with Gasteiger partial charge in [0.1, 0.15) is 11.5 Å². The van der Waals surface area contributed by atoms with Gasteiger partial charge in [-0.25, -0.2) is 0 Å². The summed E-state index contributed by atoms with van der Waals surface area (Å²) in [4.78, 5) is 11.0. The normalized spacial score (nSPS) is 18.9. The highest BCUT2D eigenvalue weighted by molar-refractivity contribution is 5.79. The lowest BCUT2D eigenvalue weighted by atomic mass is 9.99. The molecule has 1 unspecified atom stereocenters. The standard InChI is InChI=1S/C12H14O2/c1-8-7-14-12-10(6-9(2)13)4-3-5-11(8)12/h3-5,8H,6-7H2,1-2H3. The number of rotatable bonds is 2. The van der Waals surface area contributed by atoms with Crippen molar-refractivity contribution in [2.75, 3.05) is 6.61 Å². The molecule has 0 saturated carbocycles. The second kappa shape index (κ2) is 3.45. The van der Waals surface area contributed by atoms with Gasteiger partial charge in [0.05, 0.1) is 6.61 Å². The van der Waals surface area contributed by atoms with Gasteiger partial charge in [0.25, 0.3) is 0 Å². The maximum Gasteiger partial charge on any atom is 0.134 e. The van der Waals surface area contributed by atoms with Crippen molar-refractivity contribution in [2.24, 2.45) is 0 Å². The van der Waals surface area contributed by atoms with Crippen molar-refractivity contribution < 1.29 is 9.53 Å². The summed E-state index contributed by atoms with van der Waals surface area (Å²) in [6, 6.07) is 6.05. The number of ketones is 1. The number of fused-ring (bicyclic) bond motifs is 1. The third-order valence-corrected chi connectivity index (χ3v) is 2.58. The Morgan fingerprint density at radius 2 is 2.36 bits per heavy atom. The largest absolute Gasteiger partial charge is 0.492 e. The summed E-state index contributed by atoms with van der Waals surface area (Å²) in [5, 5.41) is 0. The van der Waals surface area contributed by atoms with Crippen molar-refractivity contribution in [3.05, 3.63) is 29.3 Å². The minimum Gasteiger partial charge on any atom is -0.492 e. The lowest BCUT2D eigenvalue weighted by molar-refractivity contribution is -0.116. The first kappa shape index (κ1) is 9.25. The molecule has 0 radical (unpaired) electrons. The molecule has 1 aromatic carbocycles. The zero-order chi connectivity index (χ0) is 10.1. The molecule has 0 aromatic heterocycles. The zero-order valence-electron chi connectivity index (χ0n) is 8.54. The summed E-state index contributed by atoms with van der Waals surface area (Å²) in [5.74, 6) is 1.58. The summed E-state index contributed by atoms with van der Waals surface area (Å²) in [5.41, 5.74) is 2.27. The zero-order valence-corrected chi connectivity index (χ0v) is 8.54. The molecule has 1 aliphatic heterocycles. The molecule has 1 atom stereocenters. The van der Waals surface area contributed by atoms with E-state index in [1.165, 1.54) is 5.56 Å². The summed E-state index contributed by atoms with van der Waals surface area (Å²) in [6.45, 7) is 4.49. The molecule has 2 nitrogen and oxygen atoms in total. The van der Waals surface area contributed by atoms with Gasteiger partial charge in [0, 0.05) is 23.5 Å². The van der Waals surface area contributed by atoms with Gasteiger partial charge in [-0.15, -0.1) is 0 Å². The molecule has 1 aliphatic rings. The van der Waals surface area contributed by atoms with Crippen LogP contribution in [-0.4, -0.2) is 12.4 Å². The van der Waals surface area contributed by atoms with Crippen LogP contribution in [0.4, 0.5) is 0 Å². The van der Waals surface area contributed by atoms with E-state index >= 15 is 0 Å². The number of para-hydroxylation sites is 1. The van der Waals surface area contributed by atoms with Gasteiger partial charge in [-0.05, 0) is 6.92 Å². The molecule has 0 saturated heterocycles. The Morgan fingerprint density at radius 1 is 1.57 bits per heavy atom. The Bertz CT molecular complexity index is 369. The Labute approximate surface area is 83.9 Å². The third-order valence-electron chi connectivity index (χ3n) is 2.58. The molecule has 2 heteroatoms. The molecule has 74 valence electrons. The van der Waals surface area contributed by atoms with Crippen LogP contribution in [-0.2, 0) is 11.2 Å². The van der Waals surface area contributed by atoms with Crippen LogP contribution >= 0.6 is 0 Å². The number of hydrogen-bond acceptors (Lipinski definition) is 2. The first-order valence-electron chi connectivity index (χ1n) is 4.92. The average molecular weight is 190 g/mol. The summed E-state index contributed by atoms with van der Waals surface area (Å²) in [7, 11) is 0. The monoisotopic (exact) mass is 190 g/mol. The van der Waals surface area contributed by atoms with E-state index in [9.17, 15) is 4.79 Å². The van der Waals surface area contributed by atoms with Crippen molar-refractivity contribution >= 4 is 5.78 Å². The van der Waals surface area contributed by atoms with Gasteiger partial charge < -0.3 is 4.74 Å². The molecular weight excluding hydrogens is 176 g/mol. The lowest BCUT2D eigenvalue weighted by Crippen LogP contribution is -1.98. The molecule has 0 spiro atoms. The molecule has 0 bridgehead atoms. The smallest absolute Gasteiger partial charge is 0.134 e. The highest BCUT2D eigenvalue weighted by Gasteiger charge is 2.22. The minimum absolute atomic E-state index is 0.182. The number of hydrogen-bond donors (Lipinski definition) is 0. The average Bonchev–Trinajstić information content (AvgIpc) is 2.49. The maximum absolute atomic E-state index is 11.0. The van der Waals surface area contributed by atoms with E-state index in [4.69, 9.17) is 4.74 Å². The van der Waals surface area contributed by atoms with Crippen LogP contribution < -0.4 is 4.74 Å². The van der Waals surface area contributed by atoms with E-state index in [0.717, 1.165) is 17.9 Å². The van der Waals surface area contributed by atoms with E-state index < -0.39 is 0 Å². The van der Waals surface area contributed by atoms with Crippen molar-refractivity contribution in [1.82, 2.24) is 0 Å². The van der Waals surface area contributed by atoms with Gasteiger partial charge in [-0.2, -0.15) is 0 Å². The van der Waals surface area contributed by atoms with E-state index in [0.29, 0.717) is 12.3 Å². The van der Waals surface area contributed by atoms with Crippen molar-refractivity contribution in [1.29, 1.82) is 0 Å². The molecule has 0 N–H and O–H groups in total. The van der Waals surface area contributed by atoms with Gasteiger partial charge in [0.15, 0.2) is 0 Å². The molecule has 2 rings (SSSR count). The molecule has 0 aliphatic carbocycles. The second-order valence-electron chi connectivity index (χ2n) is 3.93. The number of ether oxygens (including phenoxy) is 1. The molecular formula is C12H14O2. The first-order chi connectivity index (χ1) is 6.68. The third kappa shape index (κ3) is 1.52. The number of benzene rings is 1. The Hall–Kier alpha value is -1.31. The van der Waals surface area contributed by atoms with Crippen LogP contribution in [0.25, 0.3) is 0 Å². The number of carbonyl (C=O) groups excluding carboxylic acids is 1. The predicted octanol–water partition coefficient (Wildman–Crippen LogP) is 2.31. The molecule has 1 heterocycles. The van der Waals surface area contributed by atoms with E-state index in [-0.39, 0.29) is 5.78 Å². The van der Waals surface area contributed by atoms with Crippen molar-refractivity contribution in [3.8, 4) is 5.75 Å². The van der Waals surface area contributed by atoms with Crippen LogP contribution in [0.2, 0.25) is 0 Å². The van der Waals surface area contributed by atoms with Gasteiger partial charge >= 0.3 is 0 Å². The van der Waals surface area contributed by atoms with Crippen LogP contribution in [0.5, 0.6) is 5.75 Å². The van der Waals surface area contributed by atoms with Crippen LogP contribution in [0, 0.1) is 0 Å². The van der Waals surface area contributed by atoms with Crippen molar-refractivity contribution in [3.63, 3.8) is 0 Å². The van der Waals surface area contributed by atoms with Crippen molar-refractivity contribution in [2.45, 2.75) is 26.2 Å². The van der Waals surface area contributed by atoms with Crippen LogP contribution in [0.3, 0.4) is 0 Å². The number of carbonyl (C=O) groups is 1. The van der Waals surface area contributed by atoms with Crippen LogP contribution in [0.15, 0.2) is 18.2 Å². The predicted molar refractivity (Wildman–Crippen MR) is 54.7 cm³/mol. The van der Waals surface area contributed by atoms with Crippen LogP contribution in [0.1, 0.15) is 30.9 Å². The van der Waals surface area contributed by atoms with E-state index in [2.05, 4.69) is 13.0 Å². The lowest BCUT2D eigenvalue weighted by Gasteiger charge is -2.05. The highest BCUT2D eigenvalue weighted by Crippen LogP contribution is 2.36. The fourth-order valence-corrected chi connectivity index (χ4v) is 1.87. The Morgan fingerprint density at radius 3 is 3.07 bits per heavy atom. The summed E-state index contributed by atoms with van der Waals surface area (Å²) < 4.78 is 5.59. The highest BCUT2D eigenvalue weighted by atomic mass is 16.5. The number of Topliss-reactive ketones (excluding diaryl/α,β-unsaturated/α-hetero) is 1. The molecule has 0 amide bonds. The SMILES string of the molecule is CC(=O)Cc1cccc2c1OCC2C. The Kier molecular flexibility index (Phi) is 2.28. The van der Waals surface area contributed by atoms with Gasteiger partial charge in [-0.3, -0.25) is 4.79 Å². The molecule has 0 fully saturated rings. The van der Waals surface area contributed by atoms with E-state index in [1.807, 2.05) is 12.1 Å². The van der Waals surface area contributed by atoms with Gasteiger partial charge in [-0.1, -0.05) is 25.1 Å². The second-order valence-corrected chi connectivity index (χ2v) is 3.93. The fraction of sp³-hybridized carbons (Fsp3) is 0.417. The fourth-order valence-electron chi connectivity index (χ4n) is 1.87. The Balaban J connectivity index is 2.39. The molecule has 1 aromatic rings. The summed E-state index contributed by atoms with van der Waals surface area (Å²) in [6.07, 6.45) is 0.482.